The van der Waals surface area contributed by atoms with E-state index in [0.717, 1.165) is 22.6 Å². The monoisotopic (exact) mass is 322 g/mol. The highest BCUT2D eigenvalue weighted by atomic mass is 16.6. The van der Waals surface area contributed by atoms with Crippen LogP contribution in [0.5, 0.6) is 5.75 Å². The second-order valence-electron chi connectivity index (χ2n) is 5.10. The zero-order chi connectivity index (χ0) is 16.8. The topological polar surface area (TPSA) is 74.7 Å². The number of rotatable bonds is 6. The Labute approximate surface area is 140 Å². The van der Waals surface area contributed by atoms with E-state index < -0.39 is 0 Å². The van der Waals surface area contributed by atoms with E-state index in [-0.39, 0.29) is 0 Å². The molecule has 0 atom stereocenters. The van der Waals surface area contributed by atoms with Crippen LogP contribution in [0.2, 0.25) is 0 Å². The van der Waals surface area contributed by atoms with Gasteiger partial charge >= 0.3 is 0 Å². The first-order valence-electron chi connectivity index (χ1n) is 7.45. The van der Waals surface area contributed by atoms with Crippen LogP contribution in [0.4, 0.5) is 0 Å². The summed E-state index contributed by atoms with van der Waals surface area (Å²) in [5, 5.41) is 8.14. The molecule has 3 rings (SSSR count). The van der Waals surface area contributed by atoms with Gasteiger partial charge in [-0.3, -0.25) is 0 Å². The third kappa shape index (κ3) is 3.73. The number of ether oxygens (including phenoxy) is 1. The lowest BCUT2D eigenvalue weighted by Gasteiger charge is -2.05. The standard InChI is InChI=1S/C18H18N4O2/c1-23-17-9-5-15(6-10-17)18(19)21-24-13-14-3-7-16(8-4-14)22-12-2-11-20-22/h2-12H,13H2,1H3,(H2,19,21). The molecule has 6 nitrogen and oxygen atoms in total. The Morgan fingerprint density at radius 3 is 2.50 bits per heavy atom. The van der Waals surface area contributed by atoms with Crippen molar-refractivity contribution in [2.45, 2.75) is 6.61 Å². The SMILES string of the molecule is COc1ccc(/C(N)=N/OCc2ccc(-n3cccn3)cc2)cc1. The smallest absolute Gasteiger partial charge is 0.170 e. The molecule has 0 aliphatic carbocycles. The Morgan fingerprint density at radius 2 is 1.88 bits per heavy atom. The normalized spacial score (nSPS) is 11.3. The Kier molecular flexibility index (Phi) is 4.76. The van der Waals surface area contributed by atoms with E-state index in [1.807, 2.05) is 60.8 Å². The van der Waals surface area contributed by atoms with Crippen LogP contribution in [0.1, 0.15) is 11.1 Å². The molecule has 0 amide bonds. The summed E-state index contributed by atoms with van der Waals surface area (Å²) in [5.74, 6) is 1.09. The first-order chi connectivity index (χ1) is 11.8. The van der Waals surface area contributed by atoms with Gasteiger partial charge < -0.3 is 15.3 Å². The lowest BCUT2D eigenvalue weighted by molar-refractivity contribution is 0.130. The van der Waals surface area contributed by atoms with Crippen LogP contribution in [0.15, 0.2) is 72.1 Å². The van der Waals surface area contributed by atoms with Gasteiger partial charge in [0.05, 0.1) is 12.8 Å². The number of oxime groups is 1. The van der Waals surface area contributed by atoms with Gasteiger partial charge in [-0.15, -0.1) is 0 Å². The van der Waals surface area contributed by atoms with E-state index >= 15 is 0 Å². The lowest BCUT2D eigenvalue weighted by Crippen LogP contribution is -2.13. The van der Waals surface area contributed by atoms with E-state index in [9.17, 15) is 0 Å². The maximum absolute atomic E-state index is 5.91. The third-order valence-corrected chi connectivity index (χ3v) is 3.49. The quantitative estimate of drug-likeness (QED) is 0.430. The summed E-state index contributed by atoms with van der Waals surface area (Å²) in [4.78, 5) is 5.33. The molecule has 0 saturated heterocycles. The highest BCUT2D eigenvalue weighted by Crippen LogP contribution is 2.12. The van der Waals surface area contributed by atoms with Crippen LogP contribution in [-0.4, -0.2) is 22.7 Å². The molecule has 0 radical (unpaired) electrons. The summed E-state index contributed by atoms with van der Waals surface area (Å²) in [6.45, 7) is 0.343. The van der Waals surface area contributed by atoms with Crippen molar-refractivity contribution in [3.05, 3.63) is 78.1 Å². The highest BCUT2D eigenvalue weighted by Gasteiger charge is 2.01. The van der Waals surface area contributed by atoms with Crippen molar-refractivity contribution in [2.75, 3.05) is 7.11 Å². The van der Waals surface area contributed by atoms with Gasteiger partial charge in [0.1, 0.15) is 12.4 Å². The molecule has 0 aliphatic heterocycles. The fraction of sp³-hybridized carbons (Fsp3) is 0.111. The van der Waals surface area contributed by atoms with Gasteiger partial charge in [0.15, 0.2) is 5.84 Å². The average Bonchev–Trinajstić information content (AvgIpc) is 3.17. The van der Waals surface area contributed by atoms with E-state index in [1.54, 1.807) is 18.0 Å². The van der Waals surface area contributed by atoms with Gasteiger partial charge in [-0.25, -0.2) is 4.68 Å². The number of benzene rings is 2. The highest BCUT2D eigenvalue weighted by molar-refractivity contribution is 5.97. The number of hydrogen-bond acceptors (Lipinski definition) is 4. The minimum Gasteiger partial charge on any atom is -0.497 e. The Balaban J connectivity index is 1.58. The maximum atomic E-state index is 5.91. The summed E-state index contributed by atoms with van der Waals surface area (Å²) in [7, 11) is 1.62. The van der Waals surface area contributed by atoms with Crippen LogP contribution >= 0.6 is 0 Å². The van der Waals surface area contributed by atoms with Crippen molar-refractivity contribution in [1.82, 2.24) is 9.78 Å². The van der Waals surface area contributed by atoms with Crippen molar-refractivity contribution >= 4 is 5.84 Å². The summed E-state index contributed by atoms with van der Waals surface area (Å²) < 4.78 is 6.90. The number of nitrogens with two attached hydrogens (primary N) is 1. The van der Waals surface area contributed by atoms with Crippen LogP contribution in [0.3, 0.4) is 0 Å². The molecule has 0 unspecified atom stereocenters. The second-order valence-corrected chi connectivity index (χ2v) is 5.10. The second kappa shape index (κ2) is 7.32. The largest absolute Gasteiger partial charge is 0.497 e. The molecule has 6 heteroatoms. The molecule has 0 fully saturated rings. The Hall–Kier alpha value is -3.28. The maximum Gasteiger partial charge on any atom is 0.170 e. The van der Waals surface area contributed by atoms with Crippen LogP contribution in [0, 0.1) is 0 Å². The molecule has 2 aromatic carbocycles. The number of amidine groups is 1. The van der Waals surface area contributed by atoms with E-state index in [0.29, 0.717) is 12.4 Å². The van der Waals surface area contributed by atoms with Gasteiger partial charge in [0.2, 0.25) is 0 Å². The van der Waals surface area contributed by atoms with Gasteiger partial charge in [-0.2, -0.15) is 5.10 Å². The third-order valence-electron chi connectivity index (χ3n) is 3.49. The first-order valence-corrected chi connectivity index (χ1v) is 7.45. The van der Waals surface area contributed by atoms with E-state index in [4.69, 9.17) is 15.3 Å². The molecule has 2 N–H and O–H groups in total. The summed E-state index contributed by atoms with van der Waals surface area (Å²) >= 11 is 0. The van der Waals surface area contributed by atoms with Gasteiger partial charge in [0.25, 0.3) is 0 Å². The van der Waals surface area contributed by atoms with Crippen molar-refractivity contribution in [3.8, 4) is 11.4 Å². The fourth-order valence-corrected chi connectivity index (χ4v) is 2.16. The number of nitrogens with zero attached hydrogens (tertiary/aromatic N) is 3. The average molecular weight is 322 g/mol. The van der Waals surface area contributed by atoms with E-state index in [1.165, 1.54) is 0 Å². The van der Waals surface area contributed by atoms with Crippen LogP contribution in [-0.2, 0) is 11.4 Å². The zero-order valence-electron chi connectivity index (χ0n) is 13.3. The molecule has 122 valence electrons. The van der Waals surface area contributed by atoms with Crippen molar-refractivity contribution in [2.24, 2.45) is 10.9 Å². The van der Waals surface area contributed by atoms with Crippen molar-refractivity contribution in [1.29, 1.82) is 0 Å². The van der Waals surface area contributed by atoms with E-state index in [2.05, 4.69) is 10.3 Å². The molecule has 0 aliphatic rings. The number of hydrogen-bond donors (Lipinski definition) is 1. The Bertz CT molecular complexity index is 794. The van der Waals surface area contributed by atoms with Gasteiger partial charge in [-0.05, 0) is 48.0 Å². The van der Waals surface area contributed by atoms with Crippen LogP contribution < -0.4 is 10.5 Å². The van der Waals surface area contributed by atoms with Crippen molar-refractivity contribution < 1.29 is 9.57 Å². The fourth-order valence-electron chi connectivity index (χ4n) is 2.16. The van der Waals surface area contributed by atoms with Crippen molar-refractivity contribution in [3.63, 3.8) is 0 Å². The molecule has 24 heavy (non-hydrogen) atoms. The lowest BCUT2D eigenvalue weighted by atomic mass is 10.2. The summed E-state index contributed by atoms with van der Waals surface area (Å²) in [6.07, 6.45) is 3.64. The molecule has 3 aromatic rings. The predicted octanol–water partition coefficient (Wildman–Crippen LogP) is 2.72. The summed E-state index contributed by atoms with van der Waals surface area (Å²) in [5.41, 5.74) is 8.68. The molecule has 0 bridgehead atoms. The van der Waals surface area contributed by atoms with Gasteiger partial charge in [0, 0.05) is 18.0 Å². The summed E-state index contributed by atoms with van der Waals surface area (Å²) in [6, 6.07) is 17.1. The molecule has 1 heterocycles. The number of aromatic nitrogens is 2. The molecular formula is C18H18N4O2. The van der Waals surface area contributed by atoms with Gasteiger partial charge in [-0.1, -0.05) is 17.3 Å². The molecular weight excluding hydrogens is 304 g/mol. The first kappa shape index (κ1) is 15.6. The predicted molar refractivity (Wildman–Crippen MR) is 92.1 cm³/mol. The minimum atomic E-state index is 0.325. The minimum absolute atomic E-state index is 0.325. The molecule has 0 spiro atoms. The molecule has 1 aromatic heterocycles. The Morgan fingerprint density at radius 1 is 1.12 bits per heavy atom. The molecule has 0 saturated carbocycles. The zero-order valence-corrected chi connectivity index (χ0v) is 13.3. The van der Waals surface area contributed by atoms with Crippen LogP contribution in [0.25, 0.3) is 5.69 Å². The number of methoxy groups -OCH3 is 1.